The Kier molecular flexibility index (Phi) is 10.6. The molecule has 0 bridgehead atoms. The maximum atomic E-state index is 6.29. The van der Waals surface area contributed by atoms with Crippen LogP contribution in [0.4, 0.5) is 5.69 Å². The lowest BCUT2D eigenvalue weighted by Gasteiger charge is -2.43. The number of hydrazine groups is 2. The van der Waals surface area contributed by atoms with Crippen molar-refractivity contribution in [1.82, 2.24) is 15.4 Å². The molecule has 4 rings (SSSR count). The summed E-state index contributed by atoms with van der Waals surface area (Å²) in [6.07, 6.45) is 4.90. The van der Waals surface area contributed by atoms with Crippen LogP contribution in [0.3, 0.4) is 0 Å². The molecule has 1 aliphatic heterocycles. The van der Waals surface area contributed by atoms with Gasteiger partial charge >= 0.3 is 0 Å². The first-order chi connectivity index (χ1) is 16.1. The third-order valence-electron chi connectivity index (χ3n) is 5.99. The van der Waals surface area contributed by atoms with Crippen LogP contribution in [0.5, 0.6) is 0 Å². The SMILES string of the molecule is C.CC.NCCN(N)NCCCN1C2=C(CCC(N)=C2)c2ccc(N)cc2C1c1ccccc1. The van der Waals surface area contributed by atoms with E-state index >= 15 is 0 Å². The zero-order valence-electron chi connectivity index (χ0n) is 19.9. The number of anilines is 1. The highest BCUT2D eigenvalue weighted by Crippen LogP contribution is 2.46. The molecule has 9 N–H and O–H groups in total. The fraction of sp³-hybridized carbons (Fsp3) is 0.407. The summed E-state index contributed by atoms with van der Waals surface area (Å²) < 4.78 is 0. The van der Waals surface area contributed by atoms with Gasteiger partial charge in [-0.3, -0.25) is 5.84 Å². The van der Waals surface area contributed by atoms with Gasteiger partial charge in [0.1, 0.15) is 0 Å². The summed E-state index contributed by atoms with van der Waals surface area (Å²) in [6, 6.07) is 17.0. The fourth-order valence-corrected chi connectivity index (χ4v) is 4.59. The zero-order chi connectivity index (χ0) is 23.8. The topological polar surface area (TPSA) is 123 Å². The Morgan fingerprint density at radius 2 is 1.79 bits per heavy atom. The van der Waals surface area contributed by atoms with Crippen LogP contribution in [-0.4, -0.2) is 36.2 Å². The first kappa shape index (κ1) is 27.4. The molecule has 0 saturated heterocycles. The Morgan fingerprint density at radius 3 is 2.50 bits per heavy atom. The van der Waals surface area contributed by atoms with Crippen LogP contribution in [0.2, 0.25) is 0 Å². The lowest BCUT2D eigenvalue weighted by Crippen LogP contribution is -2.47. The molecule has 7 heteroatoms. The third-order valence-corrected chi connectivity index (χ3v) is 5.99. The minimum absolute atomic E-state index is 0. The molecular formula is C27H43N7. The Morgan fingerprint density at radius 1 is 1.06 bits per heavy atom. The molecule has 0 aromatic heterocycles. The molecule has 7 nitrogen and oxygen atoms in total. The molecule has 0 fully saturated rings. The first-order valence-electron chi connectivity index (χ1n) is 11.9. The molecule has 1 unspecified atom stereocenters. The van der Waals surface area contributed by atoms with Gasteiger partial charge in [-0.25, -0.2) is 5.43 Å². The average Bonchev–Trinajstić information content (AvgIpc) is 2.83. The molecule has 2 aliphatic rings. The van der Waals surface area contributed by atoms with Gasteiger partial charge in [-0.05, 0) is 59.7 Å². The summed E-state index contributed by atoms with van der Waals surface area (Å²) >= 11 is 0. The highest BCUT2D eigenvalue weighted by Gasteiger charge is 2.34. The Hall–Kier alpha value is -2.84. The van der Waals surface area contributed by atoms with Gasteiger partial charge in [0.25, 0.3) is 0 Å². The number of fused-ring (bicyclic) bond motifs is 2. The summed E-state index contributed by atoms with van der Waals surface area (Å²) in [5, 5.41) is 1.56. The van der Waals surface area contributed by atoms with E-state index in [0.29, 0.717) is 13.1 Å². The molecule has 34 heavy (non-hydrogen) atoms. The van der Waals surface area contributed by atoms with Crippen molar-refractivity contribution in [1.29, 1.82) is 0 Å². The van der Waals surface area contributed by atoms with Gasteiger partial charge in [0.15, 0.2) is 0 Å². The maximum Gasteiger partial charge on any atom is 0.0802 e. The summed E-state index contributed by atoms with van der Waals surface area (Å²) in [4.78, 5) is 2.48. The van der Waals surface area contributed by atoms with Crippen LogP contribution >= 0.6 is 0 Å². The number of nitrogens with two attached hydrogens (primary N) is 4. The summed E-state index contributed by atoms with van der Waals surface area (Å²) in [7, 11) is 0. The number of nitrogens with zero attached hydrogens (tertiary/aromatic N) is 2. The Balaban J connectivity index is 0.00000133. The van der Waals surface area contributed by atoms with Crippen molar-refractivity contribution < 1.29 is 0 Å². The molecule has 1 atom stereocenters. The van der Waals surface area contributed by atoms with Crippen molar-refractivity contribution in [3.05, 3.63) is 82.7 Å². The van der Waals surface area contributed by atoms with Crippen molar-refractivity contribution in [2.75, 3.05) is 31.9 Å². The molecule has 2 aromatic carbocycles. The number of hydrogen-bond acceptors (Lipinski definition) is 7. The molecule has 2 aromatic rings. The van der Waals surface area contributed by atoms with Gasteiger partial charge in [0.05, 0.1) is 6.04 Å². The Labute approximate surface area is 205 Å². The lowest BCUT2D eigenvalue weighted by atomic mass is 9.81. The third kappa shape index (κ3) is 6.18. The van der Waals surface area contributed by atoms with Crippen LogP contribution in [-0.2, 0) is 0 Å². The molecule has 186 valence electrons. The van der Waals surface area contributed by atoms with E-state index in [1.807, 2.05) is 19.9 Å². The van der Waals surface area contributed by atoms with Crippen LogP contribution < -0.4 is 28.5 Å². The number of rotatable bonds is 8. The van der Waals surface area contributed by atoms with Gasteiger partial charge in [-0.1, -0.05) is 57.7 Å². The second kappa shape index (κ2) is 13.2. The molecule has 0 spiro atoms. The highest BCUT2D eigenvalue weighted by molar-refractivity contribution is 5.78. The van der Waals surface area contributed by atoms with Crippen molar-refractivity contribution >= 4 is 11.3 Å². The Bertz CT molecular complexity index is 968. The van der Waals surface area contributed by atoms with E-state index in [4.69, 9.17) is 23.0 Å². The van der Waals surface area contributed by atoms with Gasteiger partial charge in [0.2, 0.25) is 0 Å². The van der Waals surface area contributed by atoms with E-state index in [0.717, 1.165) is 43.7 Å². The second-order valence-corrected chi connectivity index (χ2v) is 8.18. The minimum Gasteiger partial charge on any atom is -0.402 e. The summed E-state index contributed by atoms with van der Waals surface area (Å²) in [6.45, 7) is 6.75. The van der Waals surface area contributed by atoms with E-state index in [1.165, 1.54) is 28.0 Å². The fourth-order valence-electron chi connectivity index (χ4n) is 4.59. The van der Waals surface area contributed by atoms with Crippen molar-refractivity contribution in [2.45, 2.75) is 46.6 Å². The smallest absolute Gasteiger partial charge is 0.0802 e. The normalized spacial score (nSPS) is 16.7. The summed E-state index contributed by atoms with van der Waals surface area (Å²) in [5.74, 6) is 5.91. The monoisotopic (exact) mass is 465 g/mol. The van der Waals surface area contributed by atoms with Crippen molar-refractivity contribution in [3.63, 3.8) is 0 Å². The largest absolute Gasteiger partial charge is 0.402 e. The number of nitrogens with one attached hydrogen (secondary N) is 1. The van der Waals surface area contributed by atoms with Gasteiger partial charge in [-0.15, -0.1) is 0 Å². The van der Waals surface area contributed by atoms with Crippen LogP contribution in [0.25, 0.3) is 5.57 Å². The standard InChI is InChI=1S/C24H33N7.C2H6.CH4/c25-11-14-31(28)29-12-4-13-30-23-16-19(27)8-10-21(23)20-9-7-18(26)15-22(20)24(30)17-5-2-1-3-6-17;1-2;/h1-3,5-7,9,15-16,24,29H,4,8,10-14,25-28H2;1-2H3;1H4. The zero-order valence-corrected chi connectivity index (χ0v) is 19.9. The van der Waals surface area contributed by atoms with E-state index in [-0.39, 0.29) is 13.5 Å². The van der Waals surface area contributed by atoms with E-state index in [2.05, 4.69) is 58.9 Å². The summed E-state index contributed by atoms with van der Waals surface area (Å²) in [5.41, 5.74) is 29.4. The minimum atomic E-state index is 0. The van der Waals surface area contributed by atoms with E-state index in [9.17, 15) is 0 Å². The number of allylic oxidation sites excluding steroid dienone is 3. The van der Waals surface area contributed by atoms with Crippen molar-refractivity contribution in [3.8, 4) is 0 Å². The number of benzene rings is 2. The van der Waals surface area contributed by atoms with E-state index < -0.39 is 0 Å². The molecule has 1 aliphatic carbocycles. The van der Waals surface area contributed by atoms with Crippen LogP contribution in [0.15, 0.2) is 66.0 Å². The van der Waals surface area contributed by atoms with Crippen molar-refractivity contribution in [2.24, 2.45) is 17.3 Å². The molecular weight excluding hydrogens is 422 g/mol. The quantitative estimate of drug-likeness (QED) is 0.174. The maximum absolute atomic E-state index is 6.29. The lowest BCUT2D eigenvalue weighted by molar-refractivity contribution is 0.189. The molecule has 1 heterocycles. The predicted octanol–water partition coefficient (Wildman–Crippen LogP) is 3.71. The predicted molar refractivity (Wildman–Crippen MR) is 145 cm³/mol. The van der Waals surface area contributed by atoms with Gasteiger partial charge < -0.3 is 22.1 Å². The number of nitrogen functional groups attached to an aromatic ring is 1. The molecule has 0 radical (unpaired) electrons. The first-order valence-corrected chi connectivity index (χ1v) is 11.9. The average molecular weight is 466 g/mol. The number of hydrogen-bond donors (Lipinski definition) is 5. The second-order valence-electron chi connectivity index (χ2n) is 8.18. The molecule has 0 amide bonds. The van der Waals surface area contributed by atoms with Gasteiger partial charge in [0, 0.05) is 43.3 Å². The van der Waals surface area contributed by atoms with Crippen LogP contribution in [0.1, 0.15) is 63.3 Å². The molecule has 0 saturated carbocycles. The van der Waals surface area contributed by atoms with Gasteiger partial charge in [-0.2, -0.15) is 5.12 Å². The van der Waals surface area contributed by atoms with Crippen LogP contribution in [0, 0.1) is 0 Å². The highest BCUT2D eigenvalue weighted by atomic mass is 15.7. The van der Waals surface area contributed by atoms with E-state index in [1.54, 1.807) is 5.12 Å².